The number of hydrogen-bond acceptors (Lipinski definition) is 8. The maximum atomic E-state index is 10.1. The number of carboxylic acid groups (broad SMARTS) is 1. The molecule has 13 heteroatoms. The average molecular weight is 312 g/mol. The van der Waals surface area contributed by atoms with E-state index in [0.29, 0.717) is 0 Å². The minimum absolute atomic E-state index is 0.278. The Morgan fingerprint density at radius 3 is 1.62 bits per heavy atom. The normalized spacial score (nSPS) is 15.5. The molecule has 0 saturated carbocycles. The lowest BCUT2D eigenvalue weighted by Gasteiger charge is -2.23. The molecule has 0 aliphatic rings. The lowest BCUT2D eigenvalue weighted by Crippen LogP contribution is -2.48. The van der Waals surface area contributed by atoms with Crippen molar-refractivity contribution in [1.82, 2.24) is 10.9 Å². The van der Waals surface area contributed by atoms with Crippen molar-refractivity contribution in [3.05, 3.63) is 0 Å². The number of hydrazine groups is 1. The van der Waals surface area contributed by atoms with Crippen LogP contribution in [0.5, 0.6) is 0 Å². The number of rotatable bonds is 5. The minimum atomic E-state index is -2.20. The van der Waals surface area contributed by atoms with E-state index in [0.717, 1.165) is 0 Å². The predicted molar refractivity (Wildman–Crippen MR) is 68.8 cm³/mol. The first-order valence-corrected chi connectivity index (χ1v) is 5.30. The van der Waals surface area contributed by atoms with Gasteiger partial charge in [-0.2, -0.15) is 0 Å². The van der Waals surface area contributed by atoms with E-state index in [4.69, 9.17) is 52.9 Å². The Labute approximate surface area is 118 Å². The Kier molecular flexibility index (Phi) is 10.6. The second-order valence-corrected chi connectivity index (χ2v) is 3.59. The van der Waals surface area contributed by atoms with Crippen LogP contribution < -0.4 is 22.3 Å². The summed E-state index contributed by atoms with van der Waals surface area (Å²) in [5.74, 6) is -2.28. The van der Waals surface area contributed by atoms with Crippen LogP contribution in [0.1, 0.15) is 0 Å². The summed E-state index contributed by atoms with van der Waals surface area (Å²) in [5, 5.41) is 64.9. The molecule has 4 atom stereocenters. The molecule has 0 aromatic rings. The first kappa shape index (κ1) is 21.1. The van der Waals surface area contributed by atoms with E-state index in [2.05, 4.69) is 10.9 Å². The topological polar surface area (TPSA) is 262 Å². The van der Waals surface area contributed by atoms with E-state index in [-0.39, 0.29) is 11.9 Å². The molecule has 0 amide bonds. The number of hydrogen-bond donors (Lipinski definition) is 12. The second kappa shape index (κ2) is 10.6. The highest BCUT2D eigenvalue weighted by Crippen LogP contribution is 2.04. The molecule has 124 valence electrons. The van der Waals surface area contributed by atoms with Gasteiger partial charge in [0.15, 0.2) is 6.10 Å². The quantitative estimate of drug-likeness (QED) is 0.129. The number of nitrogens with two attached hydrogens (primary N) is 2. The van der Waals surface area contributed by atoms with Gasteiger partial charge in [0.1, 0.15) is 18.3 Å². The smallest absolute Gasteiger partial charge is 0.335 e. The highest BCUT2D eigenvalue weighted by Gasteiger charge is 2.33. The van der Waals surface area contributed by atoms with Gasteiger partial charge in [0.2, 0.25) is 11.9 Å². The summed E-state index contributed by atoms with van der Waals surface area (Å²) in [6.07, 6.45) is -7.84. The SMILES string of the molecule is N=C(N)NNC(=N)N.O=C(O)[C@H](O)[C@@H](O)[C@H](O)[C@H](O)CO. The number of guanidine groups is 2. The largest absolute Gasteiger partial charge is 0.479 e. The summed E-state index contributed by atoms with van der Waals surface area (Å²) in [4.78, 5) is 10.1. The van der Waals surface area contributed by atoms with Gasteiger partial charge < -0.3 is 42.1 Å². The number of nitrogens with one attached hydrogen (secondary N) is 4. The van der Waals surface area contributed by atoms with Gasteiger partial charge in [-0.05, 0) is 0 Å². The van der Waals surface area contributed by atoms with Gasteiger partial charge in [-0.15, -0.1) is 0 Å². The van der Waals surface area contributed by atoms with E-state index < -0.39 is 37.0 Å². The molecule has 0 unspecified atom stereocenters. The molecule has 0 fully saturated rings. The summed E-state index contributed by atoms with van der Waals surface area (Å²) < 4.78 is 0. The van der Waals surface area contributed by atoms with Crippen molar-refractivity contribution < 1.29 is 35.4 Å². The van der Waals surface area contributed by atoms with Gasteiger partial charge in [0, 0.05) is 0 Å². The third kappa shape index (κ3) is 10.3. The number of aliphatic carboxylic acids is 1. The zero-order chi connectivity index (χ0) is 17.2. The number of aliphatic hydroxyl groups is 5. The third-order valence-corrected chi connectivity index (χ3v) is 1.84. The summed E-state index contributed by atoms with van der Waals surface area (Å²) >= 11 is 0. The number of carboxylic acids is 1. The van der Waals surface area contributed by atoms with Crippen LogP contribution in [0.25, 0.3) is 0 Å². The molecule has 0 aromatic carbocycles. The van der Waals surface area contributed by atoms with Crippen LogP contribution in [-0.4, -0.2) is 79.6 Å². The molecule has 0 aliphatic heterocycles. The summed E-state index contributed by atoms with van der Waals surface area (Å²) in [5.41, 5.74) is 13.8. The van der Waals surface area contributed by atoms with Crippen molar-refractivity contribution in [3.8, 4) is 0 Å². The average Bonchev–Trinajstić information content (AvgIpc) is 2.42. The number of aliphatic hydroxyl groups excluding tert-OH is 5. The fourth-order valence-electron chi connectivity index (χ4n) is 0.803. The van der Waals surface area contributed by atoms with Gasteiger partial charge in [0.05, 0.1) is 6.61 Å². The van der Waals surface area contributed by atoms with Crippen LogP contribution in [0.3, 0.4) is 0 Å². The molecule has 0 spiro atoms. The fraction of sp³-hybridized carbons (Fsp3) is 0.625. The van der Waals surface area contributed by atoms with Crippen molar-refractivity contribution in [1.29, 1.82) is 10.8 Å². The maximum Gasteiger partial charge on any atom is 0.335 e. The van der Waals surface area contributed by atoms with Crippen LogP contribution in [0.2, 0.25) is 0 Å². The van der Waals surface area contributed by atoms with Crippen LogP contribution in [-0.2, 0) is 4.79 Å². The van der Waals surface area contributed by atoms with Crippen molar-refractivity contribution in [2.24, 2.45) is 11.5 Å². The molecule has 0 heterocycles. The van der Waals surface area contributed by atoms with E-state index in [9.17, 15) is 4.79 Å². The summed E-state index contributed by atoms with van der Waals surface area (Å²) in [6, 6.07) is 0. The Morgan fingerprint density at radius 2 is 1.38 bits per heavy atom. The first-order valence-electron chi connectivity index (χ1n) is 5.30. The van der Waals surface area contributed by atoms with Gasteiger partial charge in [-0.25, -0.2) is 4.79 Å². The van der Waals surface area contributed by atoms with E-state index in [1.807, 2.05) is 0 Å². The lowest BCUT2D eigenvalue weighted by molar-refractivity contribution is -0.164. The van der Waals surface area contributed by atoms with Crippen molar-refractivity contribution in [3.63, 3.8) is 0 Å². The fourth-order valence-corrected chi connectivity index (χ4v) is 0.803. The van der Waals surface area contributed by atoms with Gasteiger partial charge >= 0.3 is 5.97 Å². The Balaban J connectivity index is 0. The summed E-state index contributed by atoms with van der Waals surface area (Å²) in [6.45, 7) is -0.843. The lowest BCUT2D eigenvalue weighted by atomic mass is 10.0. The monoisotopic (exact) mass is 312 g/mol. The zero-order valence-corrected chi connectivity index (χ0v) is 10.8. The van der Waals surface area contributed by atoms with E-state index in [1.54, 1.807) is 0 Å². The van der Waals surface area contributed by atoms with Gasteiger partial charge in [-0.3, -0.25) is 21.7 Å². The van der Waals surface area contributed by atoms with E-state index >= 15 is 0 Å². The molecular weight excluding hydrogens is 292 g/mol. The molecule has 0 rings (SSSR count). The van der Waals surface area contributed by atoms with Crippen LogP contribution in [0.15, 0.2) is 0 Å². The molecular formula is C8H20N6O7. The highest BCUT2D eigenvalue weighted by molar-refractivity contribution is 5.80. The molecule has 0 bridgehead atoms. The Hall–Kier alpha value is -2.19. The van der Waals surface area contributed by atoms with Crippen molar-refractivity contribution in [2.45, 2.75) is 24.4 Å². The maximum absolute atomic E-state index is 10.1. The van der Waals surface area contributed by atoms with Crippen LogP contribution in [0, 0.1) is 10.8 Å². The molecule has 21 heavy (non-hydrogen) atoms. The summed E-state index contributed by atoms with van der Waals surface area (Å²) in [7, 11) is 0. The molecule has 14 N–H and O–H groups in total. The van der Waals surface area contributed by atoms with Crippen LogP contribution in [0.4, 0.5) is 0 Å². The Morgan fingerprint density at radius 1 is 1.00 bits per heavy atom. The van der Waals surface area contributed by atoms with Crippen molar-refractivity contribution >= 4 is 17.9 Å². The molecule has 0 saturated heterocycles. The minimum Gasteiger partial charge on any atom is -0.479 e. The zero-order valence-electron chi connectivity index (χ0n) is 10.8. The molecule has 0 aromatic heterocycles. The number of carbonyl (C=O) groups is 1. The second-order valence-electron chi connectivity index (χ2n) is 3.59. The predicted octanol–water partition coefficient (Wildman–Crippen LogP) is -5.63. The molecule has 13 nitrogen and oxygen atoms in total. The highest BCUT2D eigenvalue weighted by atomic mass is 16.4. The van der Waals surface area contributed by atoms with E-state index in [1.165, 1.54) is 0 Å². The first-order chi connectivity index (χ1) is 9.54. The van der Waals surface area contributed by atoms with Gasteiger partial charge in [-0.1, -0.05) is 0 Å². The van der Waals surface area contributed by atoms with Gasteiger partial charge in [0.25, 0.3) is 0 Å². The van der Waals surface area contributed by atoms with Crippen molar-refractivity contribution in [2.75, 3.05) is 6.61 Å². The molecule has 0 aliphatic carbocycles. The third-order valence-electron chi connectivity index (χ3n) is 1.84. The standard InChI is InChI=1S/C6H12O7.C2H8N6/c7-1-2(8)3(9)4(10)5(11)6(12)13;3-1(4)7-8-2(5)6/h2-5,7-11H,1H2,(H,12,13);(H4,3,4,7)(H4,5,6,8)/t2-,3-,4+,5-;/m1./s1. The van der Waals surface area contributed by atoms with Crippen LogP contribution >= 0.6 is 0 Å². The Bertz CT molecular complexity index is 340. The molecule has 0 radical (unpaired) electrons.